The zero-order valence-electron chi connectivity index (χ0n) is 11.7. The van der Waals surface area contributed by atoms with Gasteiger partial charge in [0.05, 0.1) is 12.6 Å². The Morgan fingerprint density at radius 2 is 2.05 bits per heavy atom. The van der Waals surface area contributed by atoms with Crippen LogP contribution in [0.1, 0.15) is 5.56 Å². The van der Waals surface area contributed by atoms with Gasteiger partial charge in [0.25, 0.3) is 0 Å². The normalized spacial score (nSPS) is 10.5. The van der Waals surface area contributed by atoms with E-state index in [1.54, 1.807) is 19.4 Å². The van der Waals surface area contributed by atoms with Crippen molar-refractivity contribution in [3.8, 4) is 11.5 Å². The van der Waals surface area contributed by atoms with Crippen LogP contribution in [0.5, 0.6) is 11.5 Å². The van der Waals surface area contributed by atoms with Crippen LogP contribution in [0, 0.1) is 0 Å². The van der Waals surface area contributed by atoms with Gasteiger partial charge in [0.1, 0.15) is 0 Å². The first-order valence-electron chi connectivity index (χ1n) is 6.71. The van der Waals surface area contributed by atoms with Crippen molar-refractivity contribution in [2.45, 2.75) is 6.54 Å². The molecule has 21 heavy (non-hydrogen) atoms. The molecule has 106 valence electrons. The zero-order chi connectivity index (χ0) is 14.7. The first kappa shape index (κ1) is 13.2. The van der Waals surface area contributed by atoms with Crippen molar-refractivity contribution in [1.29, 1.82) is 0 Å². The molecule has 3 rings (SSSR count). The molecule has 0 bridgehead atoms. The number of hydrogen-bond donors (Lipinski definition) is 2. The largest absolute Gasteiger partial charge is 0.504 e. The molecule has 3 aromatic rings. The van der Waals surface area contributed by atoms with E-state index in [9.17, 15) is 5.11 Å². The maximum Gasteiger partial charge on any atom is 0.160 e. The van der Waals surface area contributed by atoms with E-state index in [4.69, 9.17) is 4.74 Å². The van der Waals surface area contributed by atoms with Gasteiger partial charge in [-0.15, -0.1) is 0 Å². The van der Waals surface area contributed by atoms with Gasteiger partial charge in [0.15, 0.2) is 11.5 Å². The summed E-state index contributed by atoms with van der Waals surface area (Å²) in [6, 6.07) is 15.4. The van der Waals surface area contributed by atoms with Gasteiger partial charge in [0, 0.05) is 23.8 Å². The second-order valence-electron chi connectivity index (χ2n) is 4.77. The average molecular weight is 280 g/mol. The summed E-state index contributed by atoms with van der Waals surface area (Å²) in [7, 11) is 1.54. The summed E-state index contributed by atoms with van der Waals surface area (Å²) in [5.41, 5.74) is 3.05. The number of methoxy groups -OCH3 is 1. The first-order chi connectivity index (χ1) is 10.3. The van der Waals surface area contributed by atoms with Crippen molar-refractivity contribution in [3.63, 3.8) is 0 Å². The lowest BCUT2D eigenvalue weighted by Gasteiger charge is -2.09. The third kappa shape index (κ3) is 2.89. The number of nitrogens with one attached hydrogen (secondary N) is 1. The molecule has 0 fully saturated rings. The van der Waals surface area contributed by atoms with Gasteiger partial charge in [-0.05, 0) is 42.0 Å². The van der Waals surface area contributed by atoms with E-state index in [-0.39, 0.29) is 5.75 Å². The molecule has 0 unspecified atom stereocenters. The Morgan fingerprint density at radius 1 is 1.14 bits per heavy atom. The Hall–Kier alpha value is -2.75. The molecule has 0 saturated carbocycles. The maximum absolute atomic E-state index is 9.59. The minimum atomic E-state index is 0.151. The van der Waals surface area contributed by atoms with Gasteiger partial charge in [-0.2, -0.15) is 0 Å². The molecule has 0 aliphatic heterocycles. The van der Waals surface area contributed by atoms with Crippen molar-refractivity contribution < 1.29 is 9.84 Å². The molecule has 0 saturated heterocycles. The lowest BCUT2D eigenvalue weighted by Crippen LogP contribution is -1.99. The molecule has 2 aromatic carbocycles. The molecular weight excluding hydrogens is 264 g/mol. The van der Waals surface area contributed by atoms with Crippen molar-refractivity contribution in [2.75, 3.05) is 12.4 Å². The van der Waals surface area contributed by atoms with E-state index in [0.717, 1.165) is 22.2 Å². The first-order valence-corrected chi connectivity index (χ1v) is 6.71. The number of phenols is 1. The van der Waals surface area contributed by atoms with Crippen molar-refractivity contribution in [1.82, 2.24) is 4.98 Å². The van der Waals surface area contributed by atoms with Gasteiger partial charge in [-0.25, -0.2) is 0 Å². The van der Waals surface area contributed by atoms with Gasteiger partial charge < -0.3 is 15.2 Å². The van der Waals surface area contributed by atoms with Crippen molar-refractivity contribution in [3.05, 3.63) is 60.3 Å². The van der Waals surface area contributed by atoms with Crippen LogP contribution < -0.4 is 10.1 Å². The minimum absolute atomic E-state index is 0.151. The highest BCUT2D eigenvalue weighted by molar-refractivity contribution is 5.82. The molecule has 0 radical (unpaired) electrons. The van der Waals surface area contributed by atoms with Crippen molar-refractivity contribution in [2.24, 2.45) is 0 Å². The number of phenolic OH excluding ortho intramolecular Hbond substituents is 1. The molecule has 0 spiro atoms. The predicted octanol–water partition coefficient (Wildman–Crippen LogP) is 3.56. The molecule has 1 heterocycles. The summed E-state index contributed by atoms with van der Waals surface area (Å²) >= 11 is 0. The van der Waals surface area contributed by atoms with E-state index in [1.807, 2.05) is 36.4 Å². The number of fused-ring (bicyclic) bond motifs is 1. The number of benzene rings is 2. The van der Waals surface area contributed by atoms with E-state index in [2.05, 4.69) is 16.4 Å². The molecule has 1 aromatic heterocycles. The molecule has 0 amide bonds. The van der Waals surface area contributed by atoms with Crippen LogP contribution in [0.3, 0.4) is 0 Å². The Kier molecular flexibility index (Phi) is 3.60. The van der Waals surface area contributed by atoms with Crippen LogP contribution in [0.15, 0.2) is 54.7 Å². The Balaban J connectivity index is 1.76. The van der Waals surface area contributed by atoms with Crippen LogP contribution in [0.25, 0.3) is 10.9 Å². The van der Waals surface area contributed by atoms with Crippen LogP contribution in [0.4, 0.5) is 5.69 Å². The van der Waals surface area contributed by atoms with Gasteiger partial charge in [-0.3, -0.25) is 4.98 Å². The summed E-state index contributed by atoms with van der Waals surface area (Å²) in [6.45, 7) is 0.655. The monoisotopic (exact) mass is 280 g/mol. The van der Waals surface area contributed by atoms with E-state index >= 15 is 0 Å². The molecule has 4 heteroatoms. The van der Waals surface area contributed by atoms with Crippen LogP contribution in [0.2, 0.25) is 0 Å². The highest BCUT2D eigenvalue weighted by atomic mass is 16.5. The lowest BCUT2D eigenvalue weighted by atomic mass is 10.1. The minimum Gasteiger partial charge on any atom is -0.504 e. The SMILES string of the molecule is COc1cc(CNc2ccc3ncccc3c2)ccc1O. The second-order valence-corrected chi connectivity index (χ2v) is 4.77. The fourth-order valence-electron chi connectivity index (χ4n) is 2.22. The molecular formula is C17H16N2O2. The van der Waals surface area contributed by atoms with Crippen molar-refractivity contribution >= 4 is 16.6 Å². The van der Waals surface area contributed by atoms with E-state index < -0.39 is 0 Å². The second kappa shape index (κ2) is 5.71. The number of aromatic nitrogens is 1. The third-order valence-corrected chi connectivity index (χ3v) is 3.34. The number of hydrogen-bond acceptors (Lipinski definition) is 4. The standard InChI is InChI=1S/C17H16N2O2/c1-21-17-9-12(4-7-16(17)20)11-19-14-5-6-15-13(10-14)3-2-8-18-15/h2-10,19-20H,11H2,1H3. The summed E-state index contributed by atoms with van der Waals surface area (Å²) in [5.74, 6) is 0.634. The lowest BCUT2D eigenvalue weighted by molar-refractivity contribution is 0.373. The number of nitrogens with zero attached hydrogens (tertiary/aromatic N) is 1. The number of pyridine rings is 1. The van der Waals surface area contributed by atoms with Crippen LogP contribution in [-0.4, -0.2) is 17.2 Å². The highest BCUT2D eigenvalue weighted by Gasteiger charge is 2.03. The summed E-state index contributed by atoms with van der Waals surface area (Å²) in [6.07, 6.45) is 1.79. The van der Waals surface area contributed by atoms with Crippen LogP contribution >= 0.6 is 0 Å². The Labute approximate surface area is 123 Å². The summed E-state index contributed by atoms with van der Waals surface area (Å²) < 4.78 is 5.11. The molecule has 0 aliphatic rings. The fraction of sp³-hybridized carbons (Fsp3) is 0.118. The van der Waals surface area contributed by atoms with Gasteiger partial charge >= 0.3 is 0 Å². The highest BCUT2D eigenvalue weighted by Crippen LogP contribution is 2.26. The third-order valence-electron chi connectivity index (χ3n) is 3.34. The van der Waals surface area contributed by atoms with E-state index in [1.165, 1.54) is 0 Å². The topological polar surface area (TPSA) is 54.4 Å². The Bertz CT molecular complexity index is 772. The molecule has 0 atom stereocenters. The smallest absolute Gasteiger partial charge is 0.160 e. The van der Waals surface area contributed by atoms with Gasteiger partial charge in [-0.1, -0.05) is 12.1 Å². The number of aromatic hydroxyl groups is 1. The molecule has 2 N–H and O–H groups in total. The van der Waals surface area contributed by atoms with Crippen LogP contribution in [-0.2, 0) is 6.54 Å². The van der Waals surface area contributed by atoms with E-state index in [0.29, 0.717) is 12.3 Å². The predicted molar refractivity (Wildman–Crippen MR) is 83.7 cm³/mol. The number of rotatable bonds is 4. The average Bonchev–Trinajstić information content (AvgIpc) is 2.54. The quantitative estimate of drug-likeness (QED) is 0.767. The molecule has 0 aliphatic carbocycles. The number of ether oxygens (including phenoxy) is 1. The number of anilines is 1. The van der Waals surface area contributed by atoms with Gasteiger partial charge in [0.2, 0.25) is 0 Å². The summed E-state index contributed by atoms with van der Waals surface area (Å²) in [5, 5.41) is 14.0. The molecule has 4 nitrogen and oxygen atoms in total. The zero-order valence-corrected chi connectivity index (χ0v) is 11.7. The Morgan fingerprint density at radius 3 is 2.90 bits per heavy atom. The maximum atomic E-state index is 9.59. The fourth-order valence-corrected chi connectivity index (χ4v) is 2.22. The summed E-state index contributed by atoms with van der Waals surface area (Å²) in [4.78, 5) is 4.30.